The number of carbonyl (C=O) groups is 1. The molecule has 0 unspecified atom stereocenters. The molecule has 2 atom stereocenters. The van der Waals surface area contributed by atoms with Crippen LogP contribution in [0.3, 0.4) is 0 Å². The maximum absolute atomic E-state index is 12.3. The number of aromatic nitrogens is 2. The normalized spacial score (nSPS) is 21.7. The van der Waals surface area contributed by atoms with Crippen LogP contribution in [0, 0.1) is 0 Å². The van der Waals surface area contributed by atoms with E-state index in [9.17, 15) is 13.2 Å². The molecule has 1 aromatic rings. The zero-order valence-electron chi connectivity index (χ0n) is 11.7. The molecule has 0 saturated carbocycles. The molecule has 0 aliphatic carbocycles. The highest BCUT2D eigenvalue weighted by atomic mass is 32.2. The van der Waals surface area contributed by atoms with Gasteiger partial charge in [-0.25, -0.2) is 13.1 Å². The lowest BCUT2D eigenvalue weighted by Crippen LogP contribution is -2.50. The molecule has 0 spiro atoms. The van der Waals surface area contributed by atoms with E-state index in [2.05, 4.69) is 9.82 Å². The van der Waals surface area contributed by atoms with Crippen LogP contribution in [0.2, 0.25) is 0 Å². The Kier molecular flexibility index (Phi) is 4.44. The van der Waals surface area contributed by atoms with Crippen LogP contribution >= 0.6 is 0 Å². The molecule has 0 aromatic carbocycles. The van der Waals surface area contributed by atoms with Crippen molar-refractivity contribution >= 4 is 15.9 Å². The van der Waals surface area contributed by atoms with E-state index in [4.69, 9.17) is 0 Å². The smallest absolute Gasteiger partial charge is 0.240 e. The second-order valence-corrected chi connectivity index (χ2v) is 6.96. The molecule has 1 amide bonds. The first-order valence-electron chi connectivity index (χ1n) is 6.62. The first kappa shape index (κ1) is 15.0. The summed E-state index contributed by atoms with van der Waals surface area (Å²) in [5.41, 5.74) is 0. The van der Waals surface area contributed by atoms with Crippen molar-refractivity contribution in [3.8, 4) is 0 Å². The van der Waals surface area contributed by atoms with E-state index in [0.717, 1.165) is 19.1 Å². The van der Waals surface area contributed by atoms with E-state index in [0.29, 0.717) is 13.1 Å². The van der Waals surface area contributed by atoms with Crippen molar-refractivity contribution in [1.29, 1.82) is 0 Å². The van der Waals surface area contributed by atoms with E-state index in [-0.39, 0.29) is 11.9 Å². The number of piperidine rings is 1. The minimum atomic E-state index is -3.38. The van der Waals surface area contributed by atoms with Crippen LogP contribution in [-0.2, 0) is 14.8 Å². The Labute approximate surface area is 119 Å². The lowest BCUT2D eigenvalue weighted by Gasteiger charge is -2.34. The maximum atomic E-state index is 12.3. The minimum absolute atomic E-state index is 0.160. The number of rotatable bonds is 4. The van der Waals surface area contributed by atoms with Crippen molar-refractivity contribution < 1.29 is 13.2 Å². The molecule has 1 fully saturated rings. The van der Waals surface area contributed by atoms with Crippen LogP contribution in [0.1, 0.15) is 25.8 Å². The Morgan fingerprint density at radius 1 is 1.50 bits per heavy atom. The molecule has 2 rings (SSSR count). The monoisotopic (exact) mass is 300 g/mol. The molecule has 1 saturated heterocycles. The lowest BCUT2D eigenvalue weighted by molar-refractivity contribution is -0.134. The van der Waals surface area contributed by atoms with Gasteiger partial charge < -0.3 is 4.90 Å². The van der Waals surface area contributed by atoms with Gasteiger partial charge in [0.1, 0.15) is 0 Å². The number of nitrogens with one attached hydrogen (secondary N) is 1. The predicted molar refractivity (Wildman–Crippen MR) is 74.5 cm³/mol. The van der Waals surface area contributed by atoms with Crippen LogP contribution in [0.4, 0.5) is 0 Å². The second-order valence-electron chi connectivity index (χ2n) is 5.18. The molecule has 1 aromatic heterocycles. The van der Waals surface area contributed by atoms with E-state index in [1.54, 1.807) is 18.0 Å². The van der Waals surface area contributed by atoms with Gasteiger partial charge in [-0.2, -0.15) is 5.10 Å². The van der Waals surface area contributed by atoms with Gasteiger partial charge in [0, 0.05) is 25.5 Å². The Hall–Kier alpha value is -1.41. The van der Waals surface area contributed by atoms with Gasteiger partial charge in [-0.15, -0.1) is 0 Å². The largest absolute Gasteiger partial charge is 0.339 e. The number of likely N-dealkylation sites (tertiary alicyclic amines) is 1. The standard InChI is InChI=1S/C12H20N4O3S/c1-10(14-20(2,18)19)12(17)15-7-3-5-11(9-15)16-8-4-6-13-16/h4,6,8,10-11,14H,3,5,7,9H2,1-2H3/t10-,11+/m1/s1. The van der Waals surface area contributed by atoms with Gasteiger partial charge in [0.15, 0.2) is 0 Å². The lowest BCUT2D eigenvalue weighted by atomic mass is 10.1. The molecular formula is C12H20N4O3S. The van der Waals surface area contributed by atoms with Crippen LogP contribution in [0.25, 0.3) is 0 Å². The van der Waals surface area contributed by atoms with Crippen LogP contribution in [0.5, 0.6) is 0 Å². The summed E-state index contributed by atoms with van der Waals surface area (Å²) in [6.07, 6.45) is 6.52. The molecule has 7 nitrogen and oxygen atoms in total. The van der Waals surface area contributed by atoms with Crippen molar-refractivity contribution in [1.82, 2.24) is 19.4 Å². The highest BCUT2D eigenvalue weighted by molar-refractivity contribution is 7.88. The third-order valence-electron chi connectivity index (χ3n) is 3.37. The van der Waals surface area contributed by atoms with E-state index >= 15 is 0 Å². The molecule has 0 bridgehead atoms. The SMILES string of the molecule is C[C@@H](NS(C)(=O)=O)C(=O)N1CCC[C@H](n2cccn2)C1. The Morgan fingerprint density at radius 2 is 2.25 bits per heavy atom. The summed E-state index contributed by atoms with van der Waals surface area (Å²) < 4.78 is 26.5. The summed E-state index contributed by atoms with van der Waals surface area (Å²) in [7, 11) is -3.38. The van der Waals surface area contributed by atoms with Crippen LogP contribution < -0.4 is 4.72 Å². The molecule has 1 aliphatic rings. The Bertz CT molecular complexity index is 555. The van der Waals surface area contributed by atoms with Gasteiger partial charge in [0.25, 0.3) is 0 Å². The number of sulfonamides is 1. The van der Waals surface area contributed by atoms with Crippen molar-refractivity contribution in [3.63, 3.8) is 0 Å². The van der Waals surface area contributed by atoms with Crippen LogP contribution in [-0.4, -0.2) is 54.4 Å². The van der Waals surface area contributed by atoms with Gasteiger partial charge >= 0.3 is 0 Å². The fourth-order valence-electron chi connectivity index (χ4n) is 2.51. The molecule has 112 valence electrons. The molecule has 8 heteroatoms. The van der Waals surface area contributed by atoms with Gasteiger partial charge in [0.2, 0.25) is 15.9 Å². The zero-order valence-corrected chi connectivity index (χ0v) is 12.5. The molecule has 1 aliphatic heterocycles. The quantitative estimate of drug-likeness (QED) is 0.847. The fourth-order valence-corrected chi connectivity index (χ4v) is 3.26. The highest BCUT2D eigenvalue weighted by Gasteiger charge is 2.28. The van der Waals surface area contributed by atoms with E-state index in [1.807, 2.05) is 16.9 Å². The number of nitrogens with zero attached hydrogens (tertiary/aromatic N) is 3. The average Bonchev–Trinajstić information content (AvgIpc) is 2.90. The average molecular weight is 300 g/mol. The third-order valence-corrected chi connectivity index (χ3v) is 4.15. The van der Waals surface area contributed by atoms with Gasteiger partial charge in [-0.3, -0.25) is 9.48 Å². The molecule has 2 heterocycles. The first-order valence-corrected chi connectivity index (χ1v) is 8.51. The van der Waals surface area contributed by atoms with Crippen molar-refractivity contribution in [2.24, 2.45) is 0 Å². The van der Waals surface area contributed by atoms with E-state index in [1.165, 1.54) is 0 Å². The number of hydrogen-bond donors (Lipinski definition) is 1. The van der Waals surface area contributed by atoms with Crippen molar-refractivity contribution in [3.05, 3.63) is 18.5 Å². The number of carbonyl (C=O) groups excluding carboxylic acids is 1. The third kappa shape index (κ3) is 3.80. The summed E-state index contributed by atoms with van der Waals surface area (Å²) in [6.45, 7) is 2.80. The minimum Gasteiger partial charge on any atom is -0.339 e. The molecule has 20 heavy (non-hydrogen) atoms. The van der Waals surface area contributed by atoms with Gasteiger partial charge in [-0.1, -0.05) is 0 Å². The summed E-state index contributed by atoms with van der Waals surface area (Å²) in [4.78, 5) is 14.0. The Morgan fingerprint density at radius 3 is 2.85 bits per heavy atom. The Balaban J connectivity index is 2.00. The van der Waals surface area contributed by atoms with E-state index < -0.39 is 16.1 Å². The highest BCUT2D eigenvalue weighted by Crippen LogP contribution is 2.21. The van der Waals surface area contributed by atoms with Gasteiger partial charge in [0.05, 0.1) is 18.3 Å². The first-order chi connectivity index (χ1) is 9.37. The second kappa shape index (κ2) is 5.92. The summed E-state index contributed by atoms with van der Waals surface area (Å²) in [5, 5.41) is 4.21. The summed E-state index contributed by atoms with van der Waals surface area (Å²) in [5.74, 6) is -0.188. The van der Waals surface area contributed by atoms with Crippen molar-refractivity contribution in [2.45, 2.75) is 31.8 Å². The van der Waals surface area contributed by atoms with Crippen LogP contribution in [0.15, 0.2) is 18.5 Å². The van der Waals surface area contributed by atoms with Crippen molar-refractivity contribution in [2.75, 3.05) is 19.3 Å². The summed E-state index contributed by atoms with van der Waals surface area (Å²) in [6, 6.07) is 1.28. The van der Waals surface area contributed by atoms with Gasteiger partial charge in [-0.05, 0) is 25.8 Å². The maximum Gasteiger partial charge on any atom is 0.240 e. The molecule has 0 radical (unpaired) electrons. The fraction of sp³-hybridized carbons (Fsp3) is 0.667. The summed E-state index contributed by atoms with van der Waals surface area (Å²) >= 11 is 0. The zero-order chi connectivity index (χ0) is 14.8. The predicted octanol–water partition coefficient (Wildman–Crippen LogP) is -0.0157. The molecule has 1 N–H and O–H groups in total. The number of hydrogen-bond acceptors (Lipinski definition) is 4. The number of amides is 1. The topological polar surface area (TPSA) is 84.3 Å². The molecular weight excluding hydrogens is 280 g/mol.